The summed E-state index contributed by atoms with van der Waals surface area (Å²) in [6.45, 7) is 11.2. The normalized spacial score (nSPS) is 34.6. The van der Waals surface area contributed by atoms with Gasteiger partial charge in [-0.25, -0.2) is 0 Å². The van der Waals surface area contributed by atoms with Gasteiger partial charge in [-0.2, -0.15) is 0 Å². The monoisotopic (exact) mass is 238 g/mol. The fourth-order valence-electron chi connectivity index (χ4n) is 3.93. The van der Waals surface area contributed by atoms with Crippen LogP contribution in [0.5, 0.6) is 0 Å². The molecule has 0 aromatic heterocycles. The lowest BCUT2D eigenvalue weighted by Gasteiger charge is -2.33. The average molecular weight is 238 g/mol. The topological polar surface area (TPSA) is 15.3 Å². The maximum atomic E-state index is 3.58. The lowest BCUT2D eigenvalue weighted by atomic mass is 9.82. The first-order chi connectivity index (χ1) is 8.28. The van der Waals surface area contributed by atoms with Gasteiger partial charge in [0.25, 0.3) is 0 Å². The van der Waals surface area contributed by atoms with Gasteiger partial charge in [-0.3, -0.25) is 0 Å². The minimum atomic E-state index is 0.607. The summed E-state index contributed by atoms with van der Waals surface area (Å²) < 4.78 is 0. The summed E-state index contributed by atoms with van der Waals surface area (Å²) in [6.07, 6.45) is 8.40. The molecular formula is C15H30N2. The summed E-state index contributed by atoms with van der Waals surface area (Å²) in [5.41, 5.74) is 0.607. The van der Waals surface area contributed by atoms with E-state index in [0.717, 1.165) is 5.92 Å². The number of nitrogens with one attached hydrogen (secondary N) is 1. The quantitative estimate of drug-likeness (QED) is 0.765. The Morgan fingerprint density at radius 2 is 2.18 bits per heavy atom. The van der Waals surface area contributed by atoms with Gasteiger partial charge >= 0.3 is 0 Å². The Bertz CT molecular complexity index is 221. The molecule has 2 rings (SSSR count). The van der Waals surface area contributed by atoms with E-state index in [-0.39, 0.29) is 0 Å². The van der Waals surface area contributed by atoms with E-state index in [1.807, 2.05) is 0 Å². The van der Waals surface area contributed by atoms with E-state index in [1.165, 1.54) is 71.2 Å². The van der Waals surface area contributed by atoms with Gasteiger partial charge in [-0.1, -0.05) is 26.7 Å². The Morgan fingerprint density at radius 1 is 1.29 bits per heavy atom. The molecule has 0 aromatic rings. The smallest absolute Gasteiger partial charge is 0.00507 e. The van der Waals surface area contributed by atoms with E-state index in [4.69, 9.17) is 0 Å². The van der Waals surface area contributed by atoms with Crippen molar-refractivity contribution in [3.8, 4) is 0 Å². The number of likely N-dealkylation sites (tertiary alicyclic amines) is 1. The summed E-state index contributed by atoms with van der Waals surface area (Å²) in [5.74, 6) is 0.994. The predicted octanol–water partition coefficient (Wildman–Crippen LogP) is 2.89. The Labute approximate surface area is 107 Å². The van der Waals surface area contributed by atoms with E-state index < -0.39 is 0 Å². The maximum absolute atomic E-state index is 3.58. The van der Waals surface area contributed by atoms with Crippen LogP contribution >= 0.6 is 0 Å². The van der Waals surface area contributed by atoms with Crippen molar-refractivity contribution in [1.29, 1.82) is 0 Å². The van der Waals surface area contributed by atoms with Gasteiger partial charge < -0.3 is 10.2 Å². The van der Waals surface area contributed by atoms with Crippen LogP contribution in [-0.4, -0.2) is 37.6 Å². The number of hydrogen-bond donors (Lipinski definition) is 1. The molecular weight excluding hydrogens is 208 g/mol. The molecule has 0 aromatic carbocycles. The fourth-order valence-corrected chi connectivity index (χ4v) is 3.93. The number of rotatable bonds is 6. The van der Waals surface area contributed by atoms with Crippen molar-refractivity contribution in [2.24, 2.45) is 11.3 Å². The Balaban J connectivity index is 1.83. The molecule has 0 amide bonds. The van der Waals surface area contributed by atoms with Crippen LogP contribution < -0.4 is 5.32 Å². The molecule has 2 fully saturated rings. The summed E-state index contributed by atoms with van der Waals surface area (Å²) in [7, 11) is 0. The van der Waals surface area contributed by atoms with Crippen LogP contribution in [0.2, 0.25) is 0 Å². The first-order valence-corrected chi connectivity index (χ1v) is 7.71. The summed E-state index contributed by atoms with van der Waals surface area (Å²) in [4.78, 5) is 2.75. The van der Waals surface area contributed by atoms with Crippen molar-refractivity contribution in [2.75, 3.05) is 32.7 Å². The minimum Gasteiger partial charge on any atom is -0.316 e. The van der Waals surface area contributed by atoms with Crippen molar-refractivity contribution in [2.45, 2.75) is 52.4 Å². The Morgan fingerprint density at radius 3 is 2.82 bits per heavy atom. The van der Waals surface area contributed by atoms with E-state index >= 15 is 0 Å². The molecule has 0 spiro atoms. The summed E-state index contributed by atoms with van der Waals surface area (Å²) >= 11 is 0. The Kier molecular flexibility index (Phi) is 4.87. The molecule has 2 heterocycles. The van der Waals surface area contributed by atoms with Crippen molar-refractivity contribution >= 4 is 0 Å². The molecule has 17 heavy (non-hydrogen) atoms. The standard InChI is InChI=1S/C15H30N2/c1-3-5-14-6-10-17(11-14)13-15(7-4-2)8-9-16-12-15/h14,16H,3-13H2,1-2H3. The van der Waals surface area contributed by atoms with Crippen molar-refractivity contribution in [3.05, 3.63) is 0 Å². The highest BCUT2D eigenvalue weighted by molar-refractivity contribution is 4.91. The second-order valence-corrected chi connectivity index (χ2v) is 6.36. The fraction of sp³-hybridized carbons (Fsp3) is 1.00. The number of hydrogen-bond acceptors (Lipinski definition) is 2. The highest BCUT2D eigenvalue weighted by Crippen LogP contribution is 2.34. The number of nitrogens with zero attached hydrogens (tertiary/aromatic N) is 1. The first-order valence-electron chi connectivity index (χ1n) is 7.71. The van der Waals surface area contributed by atoms with E-state index in [9.17, 15) is 0 Å². The van der Waals surface area contributed by atoms with E-state index in [0.29, 0.717) is 5.41 Å². The second-order valence-electron chi connectivity index (χ2n) is 6.36. The van der Waals surface area contributed by atoms with Crippen LogP contribution in [0.3, 0.4) is 0 Å². The third kappa shape index (κ3) is 3.45. The zero-order valence-corrected chi connectivity index (χ0v) is 11.8. The van der Waals surface area contributed by atoms with Gasteiger partial charge in [0.05, 0.1) is 0 Å². The van der Waals surface area contributed by atoms with Crippen LogP contribution in [0.25, 0.3) is 0 Å². The van der Waals surface area contributed by atoms with Crippen LogP contribution in [-0.2, 0) is 0 Å². The lowest BCUT2D eigenvalue weighted by molar-refractivity contribution is 0.172. The van der Waals surface area contributed by atoms with Crippen LogP contribution in [0.15, 0.2) is 0 Å². The van der Waals surface area contributed by atoms with Gasteiger partial charge in [0.15, 0.2) is 0 Å². The second kappa shape index (κ2) is 6.19. The highest BCUT2D eigenvalue weighted by atomic mass is 15.2. The van der Waals surface area contributed by atoms with Crippen LogP contribution in [0.1, 0.15) is 52.4 Å². The Hall–Kier alpha value is -0.0800. The average Bonchev–Trinajstić information content (AvgIpc) is 2.91. The first kappa shape index (κ1) is 13.4. The molecule has 2 aliphatic rings. The molecule has 1 N–H and O–H groups in total. The largest absolute Gasteiger partial charge is 0.316 e. The van der Waals surface area contributed by atoms with Crippen LogP contribution in [0.4, 0.5) is 0 Å². The van der Waals surface area contributed by atoms with Gasteiger partial charge in [-0.05, 0) is 50.1 Å². The molecule has 2 atom stereocenters. The minimum absolute atomic E-state index is 0.607. The lowest BCUT2D eigenvalue weighted by Crippen LogP contribution is -2.38. The zero-order chi connectivity index (χ0) is 12.1. The third-order valence-corrected chi connectivity index (χ3v) is 4.74. The molecule has 0 aliphatic carbocycles. The van der Waals surface area contributed by atoms with Crippen molar-refractivity contribution in [3.63, 3.8) is 0 Å². The predicted molar refractivity (Wildman–Crippen MR) is 74.3 cm³/mol. The van der Waals surface area contributed by atoms with Crippen molar-refractivity contribution in [1.82, 2.24) is 10.2 Å². The van der Waals surface area contributed by atoms with E-state index in [1.54, 1.807) is 0 Å². The molecule has 0 bridgehead atoms. The third-order valence-electron chi connectivity index (χ3n) is 4.74. The molecule has 2 saturated heterocycles. The van der Waals surface area contributed by atoms with Gasteiger partial charge in [0, 0.05) is 19.6 Å². The highest BCUT2D eigenvalue weighted by Gasteiger charge is 2.36. The molecule has 0 radical (unpaired) electrons. The molecule has 2 unspecified atom stereocenters. The summed E-state index contributed by atoms with van der Waals surface area (Å²) in [5, 5.41) is 3.58. The SMILES string of the molecule is CCCC1CCN(CC2(CCC)CCNC2)C1. The maximum Gasteiger partial charge on any atom is 0.00507 e. The molecule has 0 saturated carbocycles. The van der Waals surface area contributed by atoms with Gasteiger partial charge in [0.2, 0.25) is 0 Å². The molecule has 2 aliphatic heterocycles. The van der Waals surface area contributed by atoms with Gasteiger partial charge in [0.1, 0.15) is 0 Å². The van der Waals surface area contributed by atoms with Crippen molar-refractivity contribution < 1.29 is 0 Å². The van der Waals surface area contributed by atoms with Crippen LogP contribution in [0, 0.1) is 11.3 Å². The molecule has 100 valence electrons. The molecule has 2 heteroatoms. The summed E-state index contributed by atoms with van der Waals surface area (Å²) in [6, 6.07) is 0. The zero-order valence-electron chi connectivity index (χ0n) is 11.8. The van der Waals surface area contributed by atoms with E-state index in [2.05, 4.69) is 24.1 Å². The molecule has 2 nitrogen and oxygen atoms in total. The van der Waals surface area contributed by atoms with Gasteiger partial charge in [-0.15, -0.1) is 0 Å².